The van der Waals surface area contributed by atoms with E-state index in [9.17, 15) is 4.79 Å². The zero-order valence-corrected chi connectivity index (χ0v) is 12.5. The number of hydrogen-bond acceptors (Lipinski definition) is 4. The van der Waals surface area contributed by atoms with Crippen LogP contribution in [-0.4, -0.2) is 13.3 Å². The third-order valence-electron chi connectivity index (χ3n) is 3.19. The molecule has 2 aromatic carbocycles. The molecule has 0 bridgehead atoms. The lowest BCUT2D eigenvalue weighted by Gasteiger charge is -2.00. The van der Waals surface area contributed by atoms with Gasteiger partial charge in [0.2, 0.25) is 5.43 Å². The maximum atomic E-state index is 12.4. The van der Waals surface area contributed by atoms with Crippen molar-refractivity contribution in [1.82, 2.24) is 0 Å². The lowest BCUT2D eigenvalue weighted by Crippen LogP contribution is -2.07. The molecule has 1 heterocycles. The van der Waals surface area contributed by atoms with E-state index in [2.05, 4.69) is 4.99 Å². The third-order valence-corrected chi connectivity index (χ3v) is 3.42. The number of ether oxygens (including phenoxy) is 1. The van der Waals surface area contributed by atoms with E-state index in [4.69, 9.17) is 20.8 Å². The monoisotopic (exact) mass is 313 g/mol. The van der Waals surface area contributed by atoms with Crippen LogP contribution in [0.25, 0.3) is 11.0 Å². The first-order valence-electron chi connectivity index (χ1n) is 6.56. The Labute approximate surface area is 131 Å². The highest BCUT2D eigenvalue weighted by molar-refractivity contribution is 6.31. The van der Waals surface area contributed by atoms with Crippen molar-refractivity contribution in [3.05, 3.63) is 69.5 Å². The maximum absolute atomic E-state index is 12.4. The summed E-state index contributed by atoms with van der Waals surface area (Å²) >= 11 is 5.92. The van der Waals surface area contributed by atoms with Crippen molar-refractivity contribution in [3.63, 3.8) is 0 Å². The molecule has 0 N–H and O–H groups in total. The summed E-state index contributed by atoms with van der Waals surface area (Å²) in [6.07, 6.45) is 2.87. The largest absolute Gasteiger partial charge is 0.497 e. The van der Waals surface area contributed by atoms with Crippen LogP contribution in [0.3, 0.4) is 0 Å². The van der Waals surface area contributed by atoms with Gasteiger partial charge >= 0.3 is 0 Å². The zero-order chi connectivity index (χ0) is 15.5. The van der Waals surface area contributed by atoms with Crippen LogP contribution in [0.2, 0.25) is 5.02 Å². The van der Waals surface area contributed by atoms with Crippen LogP contribution < -0.4 is 10.2 Å². The summed E-state index contributed by atoms with van der Waals surface area (Å²) in [5, 5.41) is 0.926. The molecule has 4 nitrogen and oxygen atoms in total. The van der Waals surface area contributed by atoms with Crippen LogP contribution in [0.15, 0.2) is 62.9 Å². The maximum Gasteiger partial charge on any atom is 0.201 e. The smallest absolute Gasteiger partial charge is 0.201 e. The second kappa shape index (κ2) is 6.03. The molecule has 0 unspecified atom stereocenters. The molecule has 0 aliphatic carbocycles. The summed E-state index contributed by atoms with van der Waals surface area (Å²) in [7, 11) is 1.60. The normalized spacial score (nSPS) is 11.2. The van der Waals surface area contributed by atoms with Crippen LogP contribution >= 0.6 is 11.6 Å². The molecule has 0 saturated heterocycles. The molecular weight excluding hydrogens is 302 g/mol. The highest BCUT2D eigenvalue weighted by atomic mass is 35.5. The van der Waals surface area contributed by atoms with Gasteiger partial charge in [-0.1, -0.05) is 11.6 Å². The Bertz CT molecular complexity index is 898. The minimum Gasteiger partial charge on any atom is -0.497 e. The Balaban J connectivity index is 1.97. The standard InChI is InChI=1S/C17H12ClNO3/c1-21-14-5-3-13(4-6-14)19-9-11-10-22-16-7-2-12(18)8-15(16)17(11)20/h2-10H,1H3. The number of aliphatic imine (C=N–C) groups is 1. The predicted octanol–water partition coefficient (Wildman–Crippen LogP) is 4.21. The van der Waals surface area contributed by atoms with E-state index < -0.39 is 0 Å². The first-order valence-corrected chi connectivity index (χ1v) is 6.94. The van der Waals surface area contributed by atoms with Crippen molar-refractivity contribution < 1.29 is 9.15 Å². The SMILES string of the molecule is COc1ccc(N=Cc2coc3ccc(Cl)cc3c2=O)cc1. The Hall–Kier alpha value is -2.59. The van der Waals surface area contributed by atoms with Gasteiger partial charge in [-0.05, 0) is 42.5 Å². The highest BCUT2D eigenvalue weighted by Crippen LogP contribution is 2.19. The van der Waals surface area contributed by atoms with Gasteiger partial charge in [-0.15, -0.1) is 0 Å². The summed E-state index contributed by atoms with van der Waals surface area (Å²) in [6, 6.07) is 12.1. The highest BCUT2D eigenvalue weighted by Gasteiger charge is 2.06. The van der Waals surface area contributed by atoms with Gasteiger partial charge in [0.05, 0.1) is 23.7 Å². The number of benzene rings is 2. The predicted molar refractivity (Wildman–Crippen MR) is 87.7 cm³/mol. The molecule has 0 amide bonds. The first-order chi connectivity index (χ1) is 10.7. The van der Waals surface area contributed by atoms with Gasteiger partial charge in [-0.2, -0.15) is 0 Å². The Morgan fingerprint density at radius 3 is 2.68 bits per heavy atom. The number of fused-ring (bicyclic) bond motifs is 1. The van der Waals surface area contributed by atoms with Gasteiger partial charge in [0.15, 0.2) is 0 Å². The van der Waals surface area contributed by atoms with Gasteiger partial charge in [-0.25, -0.2) is 0 Å². The molecule has 0 aliphatic heterocycles. The van der Waals surface area contributed by atoms with Crippen LogP contribution in [0, 0.1) is 0 Å². The van der Waals surface area contributed by atoms with Crippen molar-refractivity contribution in [2.24, 2.45) is 4.99 Å². The summed E-state index contributed by atoms with van der Waals surface area (Å²) in [6.45, 7) is 0. The Kier molecular flexibility index (Phi) is 3.94. The minimum atomic E-state index is -0.166. The van der Waals surface area contributed by atoms with Crippen molar-refractivity contribution in [3.8, 4) is 5.75 Å². The second-order valence-electron chi connectivity index (χ2n) is 4.62. The fraction of sp³-hybridized carbons (Fsp3) is 0.0588. The van der Waals surface area contributed by atoms with Crippen molar-refractivity contribution >= 4 is 34.5 Å². The molecule has 0 atom stereocenters. The molecular formula is C17H12ClNO3. The van der Waals surface area contributed by atoms with Crippen LogP contribution in [-0.2, 0) is 0 Å². The molecule has 3 aromatic rings. The van der Waals surface area contributed by atoms with Gasteiger partial charge in [0, 0.05) is 11.2 Å². The van der Waals surface area contributed by atoms with Gasteiger partial charge in [0.25, 0.3) is 0 Å². The first kappa shape index (κ1) is 14.4. The van der Waals surface area contributed by atoms with E-state index in [-0.39, 0.29) is 5.43 Å². The topological polar surface area (TPSA) is 51.8 Å². The van der Waals surface area contributed by atoms with E-state index >= 15 is 0 Å². The summed E-state index contributed by atoms with van der Waals surface area (Å²) in [4.78, 5) is 16.6. The lowest BCUT2D eigenvalue weighted by atomic mass is 10.2. The molecule has 0 aliphatic rings. The van der Waals surface area contributed by atoms with E-state index in [0.29, 0.717) is 27.2 Å². The summed E-state index contributed by atoms with van der Waals surface area (Å²) in [5.74, 6) is 0.749. The number of methoxy groups -OCH3 is 1. The van der Waals surface area contributed by atoms with E-state index in [1.165, 1.54) is 12.5 Å². The summed E-state index contributed by atoms with van der Waals surface area (Å²) in [5.41, 5.74) is 1.41. The molecule has 0 spiro atoms. The van der Waals surface area contributed by atoms with Crippen molar-refractivity contribution in [2.45, 2.75) is 0 Å². The van der Waals surface area contributed by atoms with Crippen LogP contribution in [0.4, 0.5) is 5.69 Å². The van der Waals surface area contributed by atoms with Crippen molar-refractivity contribution in [2.75, 3.05) is 7.11 Å². The zero-order valence-electron chi connectivity index (χ0n) is 11.7. The fourth-order valence-corrected chi connectivity index (χ4v) is 2.19. The van der Waals surface area contributed by atoms with E-state index in [1.54, 1.807) is 49.6 Å². The number of hydrogen-bond donors (Lipinski definition) is 0. The van der Waals surface area contributed by atoms with Gasteiger partial charge in [0.1, 0.15) is 17.6 Å². The average molecular weight is 314 g/mol. The second-order valence-corrected chi connectivity index (χ2v) is 5.05. The molecule has 3 rings (SSSR count). The lowest BCUT2D eigenvalue weighted by molar-refractivity contribution is 0.415. The minimum absolute atomic E-state index is 0.166. The average Bonchev–Trinajstić information content (AvgIpc) is 2.55. The molecule has 110 valence electrons. The van der Waals surface area contributed by atoms with E-state index in [0.717, 1.165) is 5.75 Å². The Morgan fingerprint density at radius 2 is 1.95 bits per heavy atom. The molecule has 5 heteroatoms. The van der Waals surface area contributed by atoms with Crippen molar-refractivity contribution in [1.29, 1.82) is 0 Å². The number of halogens is 1. The number of nitrogens with zero attached hydrogens (tertiary/aromatic N) is 1. The Morgan fingerprint density at radius 1 is 1.18 bits per heavy atom. The molecule has 0 radical (unpaired) electrons. The molecule has 1 aromatic heterocycles. The van der Waals surface area contributed by atoms with Crippen LogP contribution in [0.5, 0.6) is 5.75 Å². The molecule has 22 heavy (non-hydrogen) atoms. The third kappa shape index (κ3) is 2.87. The van der Waals surface area contributed by atoms with Gasteiger partial charge in [-0.3, -0.25) is 9.79 Å². The van der Waals surface area contributed by atoms with Gasteiger partial charge < -0.3 is 9.15 Å². The molecule has 0 saturated carbocycles. The quantitative estimate of drug-likeness (QED) is 0.681. The fourth-order valence-electron chi connectivity index (χ4n) is 2.02. The van der Waals surface area contributed by atoms with Crippen LogP contribution in [0.1, 0.15) is 5.56 Å². The number of rotatable bonds is 3. The summed E-state index contributed by atoms with van der Waals surface area (Å²) < 4.78 is 10.5. The van der Waals surface area contributed by atoms with E-state index in [1.807, 2.05) is 0 Å². The molecule has 0 fully saturated rings.